The Morgan fingerprint density at radius 3 is 2.26 bits per heavy atom. The fourth-order valence-electron chi connectivity index (χ4n) is 1.68. The lowest BCUT2D eigenvalue weighted by molar-refractivity contribution is 0.350. The fraction of sp³-hybridized carbons (Fsp3) is 0.125. The molecule has 0 aliphatic carbocycles. The van der Waals surface area contributed by atoms with Crippen LogP contribution in [-0.2, 0) is 0 Å². The molecule has 1 nitrogen and oxygen atoms in total. The summed E-state index contributed by atoms with van der Waals surface area (Å²) in [5.74, 6) is 0. The zero-order valence-corrected chi connectivity index (χ0v) is 12.2. The first kappa shape index (κ1) is 14.2. The lowest BCUT2D eigenvalue weighted by atomic mass is 10.1. The monoisotopic (exact) mass is 290 g/mol. The Balaban J connectivity index is 2.26. The molecule has 0 heterocycles. The number of aliphatic hydroxyl groups is 1. The van der Waals surface area contributed by atoms with Crippen LogP contribution < -0.4 is 0 Å². The summed E-state index contributed by atoms with van der Waals surface area (Å²) in [4.78, 5) is 1.07. The highest BCUT2D eigenvalue weighted by Gasteiger charge is 2.08. The van der Waals surface area contributed by atoms with Gasteiger partial charge in [0.15, 0.2) is 0 Å². The molecule has 0 spiro atoms. The predicted octanol–water partition coefficient (Wildman–Crippen LogP) is 4.69. The summed E-state index contributed by atoms with van der Waals surface area (Å²) in [6.07, 6.45) is 0. The summed E-state index contributed by atoms with van der Waals surface area (Å²) in [5, 5.41) is 9.52. The summed E-state index contributed by atoms with van der Waals surface area (Å²) in [5.41, 5.74) is 2.93. The van der Waals surface area contributed by atoms with Gasteiger partial charge in [-0.1, -0.05) is 71.4 Å². The minimum absolute atomic E-state index is 0.0677. The highest BCUT2D eigenvalue weighted by Crippen LogP contribution is 2.35. The van der Waals surface area contributed by atoms with Crippen LogP contribution in [0.4, 0.5) is 0 Å². The third kappa shape index (κ3) is 3.87. The van der Waals surface area contributed by atoms with Gasteiger partial charge >= 0.3 is 0 Å². The molecule has 3 heteroatoms. The molecule has 0 fully saturated rings. The fourth-order valence-corrected chi connectivity index (χ4v) is 2.90. The summed E-state index contributed by atoms with van der Waals surface area (Å²) in [6, 6.07) is 17.9. The molecule has 0 unspecified atom stereocenters. The Bertz CT molecular complexity index is 561. The van der Waals surface area contributed by atoms with E-state index in [9.17, 15) is 5.11 Å². The van der Waals surface area contributed by atoms with E-state index in [1.807, 2.05) is 54.6 Å². The van der Waals surface area contributed by atoms with Gasteiger partial charge in [-0.25, -0.2) is 0 Å². The van der Waals surface area contributed by atoms with Crippen molar-refractivity contribution in [1.82, 2.24) is 0 Å². The predicted molar refractivity (Wildman–Crippen MR) is 83.3 cm³/mol. The maximum atomic E-state index is 9.52. The van der Waals surface area contributed by atoms with Crippen LogP contribution in [0.25, 0.3) is 5.57 Å². The van der Waals surface area contributed by atoms with Crippen molar-refractivity contribution in [2.45, 2.75) is 11.8 Å². The molecule has 0 bridgehead atoms. The van der Waals surface area contributed by atoms with E-state index in [0.29, 0.717) is 4.36 Å². The standard InChI is InChI=1S/C16H15ClOS/c1-12-7-9-14(10-8-12)19-16(17)15(11-18)13-5-3-2-4-6-13/h2-10,18H,11H2,1H3/b16-15-. The lowest BCUT2D eigenvalue weighted by Crippen LogP contribution is -1.91. The van der Waals surface area contributed by atoms with E-state index in [2.05, 4.69) is 6.92 Å². The van der Waals surface area contributed by atoms with Crippen LogP contribution in [0.5, 0.6) is 0 Å². The topological polar surface area (TPSA) is 20.2 Å². The average molecular weight is 291 g/mol. The van der Waals surface area contributed by atoms with Gasteiger partial charge in [0.1, 0.15) is 0 Å². The molecule has 98 valence electrons. The lowest BCUT2D eigenvalue weighted by Gasteiger charge is -2.08. The van der Waals surface area contributed by atoms with Gasteiger partial charge in [-0.05, 0) is 24.6 Å². The van der Waals surface area contributed by atoms with Gasteiger partial charge in [-0.3, -0.25) is 0 Å². The number of thioether (sulfide) groups is 1. The first-order valence-corrected chi connectivity index (χ1v) is 7.19. The number of rotatable bonds is 4. The molecule has 0 amide bonds. The van der Waals surface area contributed by atoms with Crippen LogP contribution in [0, 0.1) is 6.92 Å². The number of hydrogen-bond acceptors (Lipinski definition) is 2. The van der Waals surface area contributed by atoms with Crippen molar-refractivity contribution in [3.63, 3.8) is 0 Å². The summed E-state index contributed by atoms with van der Waals surface area (Å²) in [7, 11) is 0. The molecule has 1 N–H and O–H groups in total. The second kappa shape index (κ2) is 6.80. The minimum atomic E-state index is -0.0677. The van der Waals surface area contributed by atoms with Crippen molar-refractivity contribution < 1.29 is 5.11 Å². The zero-order chi connectivity index (χ0) is 13.7. The van der Waals surface area contributed by atoms with E-state index in [0.717, 1.165) is 16.0 Å². The van der Waals surface area contributed by atoms with E-state index in [-0.39, 0.29) is 6.61 Å². The first-order chi connectivity index (χ1) is 9.20. The molecular formula is C16H15ClOS. The largest absolute Gasteiger partial charge is 0.392 e. The quantitative estimate of drug-likeness (QED) is 0.825. The van der Waals surface area contributed by atoms with E-state index in [4.69, 9.17) is 11.6 Å². The highest BCUT2D eigenvalue weighted by molar-refractivity contribution is 8.04. The SMILES string of the molecule is Cc1ccc(S/C(Cl)=C(/CO)c2ccccc2)cc1. The van der Waals surface area contributed by atoms with Gasteiger partial charge in [0.2, 0.25) is 0 Å². The second-order valence-electron chi connectivity index (χ2n) is 4.19. The summed E-state index contributed by atoms with van der Waals surface area (Å²) in [6.45, 7) is 1.98. The van der Waals surface area contributed by atoms with Gasteiger partial charge in [-0.15, -0.1) is 0 Å². The summed E-state index contributed by atoms with van der Waals surface area (Å²) < 4.78 is 0.609. The van der Waals surface area contributed by atoms with Crippen LogP contribution in [0.15, 0.2) is 63.9 Å². The number of hydrogen-bond donors (Lipinski definition) is 1. The maximum absolute atomic E-state index is 9.52. The first-order valence-electron chi connectivity index (χ1n) is 6.00. The second-order valence-corrected chi connectivity index (χ2v) is 5.88. The number of aryl methyl sites for hydroxylation is 1. The van der Waals surface area contributed by atoms with Crippen molar-refractivity contribution in [2.24, 2.45) is 0 Å². The zero-order valence-electron chi connectivity index (χ0n) is 10.6. The Morgan fingerprint density at radius 2 is 1.68 bits per heavy atom. The molecule has 0 atom stereocenters. The maximum Gasteiger partial charge on any atom is 0.0843 e. The van der Waals surface area contributed by atoms with Crippen LogP contribution in [0.3, 0.4) is 0 Å². The van der Waals surface area contributed by atoms with Gasteiger partial charge < -0.3 is 5.11 Å². The Kier molecular flexibility index (Phi) is 5.08. The van der Waals surface area contributed by atoms with Gasteiger partial charge in [0.25, 0.3) is 0 Å². The Morgan fingerprint density at radius 1 is 1.05 bits per heavy atom. The van der Waals surface area contributed by atoms with Crippen LogP contribution >= 0.6 is 23.4 Å². The van der Waals surface area contributed by atoms with Gasteiger partial charge in [0, 0.05) is 10.5 Å². The van der Waals surface area contributed by atoms with Crippen molar-refractivity contribution in [1.29, 1.82) is 0 Å². The Hall–Kier alpha value is -1.22. The van der Waals surface area contributed by atoms with E-state index < -0.39 is 0 Å². The number of aliphatic hydroxyl groups excluding tert-OH is 1. The van der Waals surface area contributed by atoms with Crippen LogP contribution in [0.2, 0.25) is 0 Å². The third-order valence-corrected chi connectivity index (χ3v) is 4.14. The molecule has 0 aliphatic rings. The molecule has 0 saturated heterocycles. The van der Waals surface area contributed by atoms with E-state index in [1.54, 1.807) is 0 Å². The van der Waals surface area contributed by atoms with Gasteiger partial charge in [-0.2, -0.15) is 0 Å². The molecule has 0 aromatic heterocycles. The van der Waals surface area contributed by atoms with Crippen LogP contribution in [-0.4, -0.2) is 11.7 Å². The smallest absolute Gasteiger partial charge is 0.0843 e. The number of halogens is 1. The molecule has 2 rings (SSSR count). The average Bonchev–Trinajstić information content (AvgIpc) is 2.43. The summed E-state index contributed by atoms with van der Waals surface area (Å²) >= 11 is 7.80. The number of benzene rings is 2. The molecule has 2 aromatic carbocycles. The van der Waals surface area contributed by atoms with E-state index in [1.165, 1.54) is 17.3 Å². The highest BCUT2D eigenvalue weighted by atomic mass is 35.5. The van der Waals surface area contributed by atoms with Crippen molar-refractivity contribution >= 4 is 28.9 Å². The normalized spacial score (nSPS) is 12.2. The van der Waals surface area contributed by atoms with Crippen molar-refractivity contribution in [3.05, 3.63) is 70.1 Å². The molecular weight excluding hydrogens is 276 g/mol. The van der Waals surface area contributed by atoms with E-state index >= 15 is 0 Å². The molecule has 19 heavy (non-hydrogen) atoms. The van der Waals surface area contributed by atoms with Crippen molar-refractivity contribution in [2.75, 3.05) is 6.61 Å². The Labute approximate surface area is 122 Å². The molecule has 0 radical (unpaired) electrons. The molecule has 0 saturated carbocycles. The van der Waals surface area contributed by atoms with Crippen LogP contribution in [0.1, 0.15) is 11.1 Å². The third-order valence-electron chi connectivity index (χ3n) is 2.75. The van der Waals surface area contributed by atoms with Crippen molar-refractivity contribution in [3.8, 4) is 0 Å². The van der Waals surface area contributed by atoms with Gasteiger partial charge in [0.05, 0.1) is 11.0 Å². The minimum Gasteiger partial charge on any atom is -0.392 e. The molecule has 2 aromatic rings. The molecule has 0 aliphatic heterocycles.